The fraction of sp³-hybridized carbons (Fsp3) is 0.611. The summed E-state index contributed by atoms with van der Waals surface area (Å²) in [6.45, 7) is 4.92. The summed E-state index contributed by atoms with van der Waals surface area (Å²) in [5.41, 5.74) is 1.11. The maximum absolute atomic E-state index is 10.0. The third-order valence-electron chi connectivity index (χ3n) is 3.82. The molecule has 2 rings (SSSR count). The van der Waals surface area contributed by atoms with Crippen molar-refractivity contribution >= 4 is 41.5 Å². The van der Waals surface area contributed by atoms with Gasteiger partial charge in [0.25, 0.3) is 0 Å². The van der Waals surface area contributed by atoms with Crippen LogP contribution in [0.1, 0.15) is 25.3 Å². The van der Waals surface area contributed by atoms with Crippen LogP contribution < -0.4 is 5.32 Å². The molecule has 0 saturated heterocycles. The summed E-state index contributed by atoms with van der Waals surface area (Å²) in [6, 6.07) is 7.79. The fourth-order valence-corrected chi connectivity index (χ4v) is 2.57. The molecule has 0 amide bonds. The molecule has 0 aromatic heterocycles. The molecule has 0 spiro atoms. The topological polar surface area (TPSA) is 57.1 Å². The van der Waals surface area contributed by atoms with Crippen LogP contribution in [-0.4, -0.2) is 55.4 Å². The SMILES string of the molecule is CCNC(=NCC(O)COCC1CC1)N(C)Cc1cccc(Cl)c1.I. The molecule has 1 aromatic carbocycles. The van der Waals surface area contributed by atoms with Gasteiger partial charge < -0.3 is 20.1 Å². The molecule has 0 radical (unpaired) electrons. The Bertz CT molecular complexity index is 541. The first-order valence-corrected chi connectivity index (χ1v) is 8.96. The van der Waals surface area contributed by atoms with Crippen LogP contribution in [0.4, 0.5) is 0 Å². The number of rotatable bonds is 9. The molecule has 5 nitrogen and oxygen atoms in total. The third-order valence-corrected chi connectivity index (χ3v) is 4.05. The van der Waals surface area contributed by atoms with Gasteiger partial charge in [-0.05, 0) is 43.4 Å². The van der Waals surface area contributed by atoms with Crippen LogP contribution in [0.5, 0.6) is 0 Å². The zero-order chi connectivity index (χ0) is 17.4. The average molecular weight is 482 g/mol. The van der Waals surface area contributed by atoms with Gasteiger partial charge in [-0.25, -0.2) is 0 Å². The maximum Gasteiger partial charge on any atom is 0.194 e. The number of aliphatic hydroxyl groups excluding tert-OH is 1. The number of hydrogen-bond acceptors (Lipinski definition) is 3. The fourth-order valence-electron chi connectivity index (χ4n) is 2.35. The quantitative estimate of drug-likeness (QED) is 0.323. The van der Waals surface area contributed by atoms with Crippen molar-refractivity contribution in [2.45, 2.75) is 32.4 Å². The highest BCUT2D eigenvalue weighted by Gasteiger charge is 2.21. The second-order valence-corrected chi connectivity index (χ2v) is 6.75. The molecule has 0 heterocycles. The van der Waals surface area contributed by atoms with E-state index >= 15 is 0 Å². The number of aliphatic hydroxyl groups is 1. The van der Waals surface area contributed by atoms with E-state index in [0.717, 1.165) is 29.7 Å². The van der Waals surface area contributed by atoms with Gasteiger partial charge in [0.05, 0.1) is 19.3 Å². The third kappa shape index (κ3) is 9.08. The Balaban J connectivity index is 0.00000312. The largest absolute Gasteiger partial charge is 0.389 e. The van der Waals surface area contributed by atoms with Crippen LogP contribution in [0.2, 0.25) is 5.02 Å². The van der Waals surface area contributed by atoms with E-state index in [1.54, 1.807) is 0 Å². The molecule has 1 fully saturated rings. The van der Waals surface area contributed by atoms with Gasteiger partial charge in [-0.3, -0.25) is 4.99 Å². The van der Waals surface area contributed by atoms with Crippen molar-refractivity contribution in [2.75, 3.05) is 33.4 Å². The number of nitrogens with one attached hydrogen (secondary N) is 1. The Morgan fingerprint density at radius 3 is 2.88 bits per heavy atom. The van der Waals surface area contributed by atoms with Gasteiger partial charge in [0, 0.05) is 31.8 Å². The van der Waals surface area contributed by atoms with E-state index in [4.69, 9.17) is 16.3 Å². The van der Waals surface area contributed by atoms with E-state index in [1.165, 1.54) is 12.8 Å². The highest BCUT2D eigenvalue weighted by Crippen LogP contribution is 2.28. The smallest absolute Gasteiger partial charge is 0.194 e. The minimum atomic E-state index is -0.572. The summed E-state index contributed by atoms with van der Waals surface area (Å²) in [6.07, 6.45) is 1.94. The summed E-state index contributed by atoms with van der Waals surface area (Å²) < 4.78 is 5.51. The van der Waals surface area contributed by atoms with Crippen molar-refractivity contribution in [3.05, 3.63) is 34.9 Å². The second-order valence-electron chi connectivity index (χ2n) is 6.32. The minimum Gasteiger partial charge on any atom is -0.389 e. The Morgan fingerprint density at radius 2 is 2.24 bits per heavy atom. The van der Waals surface area contributed by atoms with Crippen LogP contribution in [0.15, 0.2) is 29.3 Å². The standard InChI is InChI=1S/C18H28ClN3O2.HI/c1-3-20-18(21-10-17(23)13-24-12-14-7-8-14)22(2)11-15-5-4-6-16(19)9-15;/h4-6,9,14,17,23H,3,7-8,10-13H2,1-2H3,(H,20,21);1H. The van der Waals surface area contributed by atoms with Crippen molar-refractivity contribution in [3.8, 4) is 0 Å². The van der Waals surface area contributed by atoms with Crippen molar-refractivity contribution in [3.63, 3.8) is 0 Å². The zero-order valence-electron chi connectivity index (χ0n) is 14.9. The van der Waals surface area contributed by atoms with E-state index < -0.39 is 6.10 Å². The van der Waals surface area contributed by atoms with E-state index in [-0.39, 0.29) is 24.0 Å². The van der Waals surface area contributed by atoms with Gasteiger partial charge in [0.1, 0.15) is 0 Å². The summed E-state index contributed by atoms with van der Waals surface area (Å²) >= 11 is 6.04. The number of ether oxygens (including phenoxy) is 1. The van der Waals surface area contributed by atoms with E-state index in [0.29, 0.717) is 25.6 Å². The van der Waals surface area contributed by atoms with Gasteiger partial charge in [-0.15, -0.1) is 24.0 Å². The predicted octanol–water partition coefficient (Wildman–Crippen LogP) is 3.14. The van der Waals surface area contributed by atoms with Gasteiger partial charge in [0.15, 0.2) is 5.96 Å². The van der Waals surface area contributed by atoms with Gasteiger partial charge >= 0.3 is 0 Å². The lowest BCUT2D eigenvalue weighted by atomic mass is 10.2. The number of guanidine groups is 1. The Morgan fingerprint density at radius 1 is 1.48 bits per heavy atom. The lowest BCUT2D eigenvalue weighted by molar-refractivity contribution is 0.0367. The number of nitrogens with zero attached hydrogens (tertiary/aromatic N) is 2. The number of halogens is 2. The second kappa shape index (κ2) is 11.9. The molecule has 142 valence electrons. The lowest BCUT2D eigenvalue weighted by Gasteiger charge is -2.22. The maximum atomic E-state index is 10.0. The first-order valence-electron chi connectivity index (χ1n) is 8.58. The van der Waals surface area contributed by atoms with Gasteiger partial charge in [0.2, 0.25) is 0 Å². The van der Waals surface area contributed by atoms with Gasteiger partial charge in [-0.2, -0.15) is 0 Å². The molecule has 1 unspecified atom stereocenters. The highest BCUT2D eigenvalue weighted by molar-refractivity contribution is 14.0. The summed E-state index contributed by atoms with van der Waals surface area (Å²) in [5, 5.41) is 14.0. The molecule has 0 aliphatic heterocycles. The van der Waals surface area contributed by atoms with Crippen molar-refractivity contribution in [1.82, 2.24) is 10.2 Å². The molecular formula is C18H29ClIN3O2. The van der Waals surface area contributed by atoms with E-state index in [9.17, 15) is 5.11 Å². The minimum absolute atomic E-state index is 0. The first kappa shape index (κ1) is 22.5. The van der Waals surface area contributed by atoms with Crippen LogP contribution in [0.3, 0.4) is 0 Å². The molecule has 1 aromatic rings. The van der Waals surface area contributed by atoms with Crippen LogP contribution in [0, 0.1) is 5.92 Å². The van der Waals surface area contributed by atoms with Gasteiger partial charge in [-0.1, -0.05) is 23.7 Å². The van der Waals surface area contributed by atoms with Crippen molar-refractivity contribution in [2.24, 2.45) is 10.9 Å². The molecule has 1 saturated carbocycles. The molecule has 1 atom stereocenters. The van der Waals surface area contributed by atoms with Crippen molar-refractivity contribution < 1.29 is 9.84 Å². The Hall–Kier alpha value is -0.570. The number of benzene rings is 1. The summed E-state index contributed by atoms with van der Waals surface area (Å²) in [5.74, 6) is 1.47. The first-order chi connectivity index (χ1) is 11.6. The van der Waals surface area contributed by atoms with Crippen LogP contribution in [0.25, 0.3) is 0 Å². The zero-order valence-corrected chi connectivity index (χ0v) is 18.0. The average Bonchev–Trinajstić information content (AvgIpc) is 3.35. The molecule has 0 bridgehead atoms. The number of aliphatic imine (C=N–C) groups is 1. The number of hydrogen-bond donors (Lipinski definition) is 2. The van der Waals surface area contributed by atoms with Crippen molar-refractivity contribution in [1.29, 1.82) is 0 Å². The van der Waals surface area contributed by atoms with Crippen LogP contribution >= 0.6 is 35.6 Å². The predicted molar refractivity (Wildman–Crippen MR) is 114 cm³/mol. The molecule has 1 aliphatic rings. The Kier molecular flexibility index (Phi) is 10.7. The summed E-state index contributed by atoms with van der Waals surface area (Å²) in [4.78, 5) is 6.53. The summed E-state index contributed by atoms with van der Waals surface area (Å²) in [7, 11) is 1.97. The van der Waals surface area contributed by atoms with E-state index in [2.05, 4.69) is 10.3 Å². The van der Waals surface area contributed by atoms with Crippen LogP contribution in [-0.2, 0) is 11.3 Å². The lowest BCUT2D eigenvalue weighted by Crippen LogP contribution is -2.39. The molecule has 7 heteroatoms. The molecular weight excluding hydrogens is 453 g/mol. The molecule has 1 aliphatic carbocycles. The Labute approximate surface area is 172 Å². The van der Waals surface area contributed by atoms with E-state index in [1.807, 2.05) is 43.1 Å². The molecule has 2 N–H and O–H groups in total. The normalized spacial score (nSPS) is 15.4. The molecule has 25 heavy (non-hydrogen) atoms. The monoisotopic (exact) mass is 481 g/mol. The highest BCUT2D eigenvalue weighted by atomic mass is 127.